The maximum atomic E-state index is 15.2. The van der Waals surface area contributed by atoms with E-state index < -0.39 is 41.3 Å². The van der Waals surface area contributed by atoms with Gasteiger partial charge in [-0.3, -0.25) is 4.79 Å². The molecular weight excluding hydrogens is 522 g/mol. The maximum Gasteiger partial charge on any atom is 0.407 e. The van der Waals surface area contributed by atoms with E-state index in [4.69, 9.17) is 15.2 Å². The van der Waals surface area contributed by atoms with Crippen molar-refractivity contribution in [3.63, 3.8) is 0 Å². The fraction of sp³-hybridized carbons (Fsp3) is 0.571. The van der Waals surface area contributed by atoms with Crippen LogP contribution in [-0.2, 0) is 15.9 Å². The summed E-state index contributed by atoms with van der Waals surface area (Å²) in [5, 5.41) is 5.89. The average molecular weight is 563 g/mol. The minimum Gasteiger partial charge on any atom is -0.444 e. The summed E-state index contributed by atoms with van der Waals surface area (Å²) in [5.74, 6) is -2.01. The molecule has 12 heteroatoms. The second kappa shape index (κ2) is 13.7. The fourth-order valence-electron chi connectivity index (χ4n) is 4.39. The van der Waals surface area contributed by atoms with E-state index in [2.05, 4.69) is 20.6 Å². The van der Waals surface area contributed by atoms with Gasteiger partial charge in [-0.2, -0.15) is 0 Å². The Labute approximate surface area is 234 Å². The third-order valence-corrected chi connectivity index (χ3v) is 6.42. The first-order valence-electron chi connectivity index (χ1n) is 13.6. The first-order chi connectivity index (χ1) is 18.9. The molecule has 1 aliphatic heterocycles. The van der Waals surface area contributed by atoms with Crippen molar-refractivity contribution in [1.82, 2.24) is 15.3 Å². The maximum absolute atomic E-state index is 15.2. The van der Waals surface area contributed by atoms with Gasteiger partial charge in [-0.1, -0.05) is 19.8 Å². The lowest BCUT2D eigenvalue weighted by molar-refractivity contribution is 0.0502. The molecule has 0 saturated carbocycles. The second-order valence-corrected chi connectivity index (χ2v) is 10.9. The normalized spacial score (nSPS) is 15.3. The molecule has 0 bridgehead atoms. The summed E-state index contributed by atoms with van der Waals surface area (Å²) in [6, 6.07) is 1.53. The fourth-order valence-corrected chi connectivity index (χ4v) is 4.39. The van der Waals surface area contributed by atoms with Crippen LogP contribution in [0.5, 0.6) is 0 Å². The van der Waals surface area contributed by atoms with Gasteiger partial charge < -0.3 is 30.7 Å². The van der Waals surface area contributed by atoms with Crippen LogP contribution in [0.25, 0.3) is 0 Å². The van der Waals surface area contributed by atoms with Crippen LogP contribution in [0.3, 0.4) is 0 Å². The highest BCUT2D eigenvalue weighted by Gasteiger charge is 2.25. The Morgan fingerprint density at radius 1 is 1.20 bits per heavy atom. The van der Waals surface area contributed by atoms with Gasteiger partial charge in [0.05, 0.1) is 24.5 Å². The number of unbranched alkanes of at least 4 members (excludes halogenated alkanes) is 1. The van der Waals surface area contributed by atoms with Gasteiger partial charge in [-0.05, 0) is 51.8 Å². The minimum atomic E-state index is -0.853. The lowest BCUT2D eigenvalue weighted by Gasteiger charge is -2.28. The zero-order valence-corrected chi connectivity index (χ0v) is 23.9. The number of carbonyl (C=O) groups is 2. The molecule has 1 fully saturated rings. The highest BCUT2D eigenvalue weighted by Crippen LogP contribution is 2.24. The number of nitrogens with two attached hydrogens (primary N) is 1. The minimum absolute atomic E-state index is 0.00584. The van der Waals surface area contributed by atoms with E-state index in [0.717, 1.165) is 18.9 Å². The first kappa shape index (κ1) is 31.0. The smallest absolute Gasteiger partial charge is 0.407 e. The number of carbonyl (C=O) groups excluding carboxylic acids is 2. The van der Waals surface area contributed by atoms with E-state index in [9.17, 15) is 14.0 Å². The number of ether oxygens (including phenoxy) is 2. The Balaban J connectivity index is 1.85. The summed E-state index contributed by atoms with van der Waals surface area (Å²) in [7, 11) is 0. The van der Waals surface area contributed by atoms with Crippen LogP contribution in [0, 0.1) is 11.6 Å². The number of pyridine rings is 2. The predicted octanol–water partition coefficient (Wildman–Crippen LogP) is 4.17. The number of rotatable bonds is 11. The van der Waals surface area contributed by atoms with Crippen LogP contribution < -0.4 is 21.3 Å². The van der Waals surface area contributed by atoms with Gasteiger partial charge in [-0.15, -0.1) is 0 Å². The molecule has 0 radical (unpaired) electrons. The van der Waals surface area contributed by atoms with Crippen molar-refractivity contribution in [3.05, 3.63) is 46.8 Å². The Hall–Kier alpha value is -3.54. The van der Waals surface area contributed by atoms with Crippen molar-refractivity contribution in [2.24, 2.45) is 5.73 Å². The molecular formula is C28H40F2N6O4. The molecule has 2 atom stereocenters. The lowest BCUT2D eigenvalue weighted by Crippen LogP contribution is -2.46. The number of alkyl carbamates (subject to hydrolysis) is 1. The van der Waals surface area contributed by atoms with Crippen molar-refractivity contribution < 1.29 is 27.8 Å². The molecule has 1 aliphatic rings. The SMILES string of the molecule is CCCC[C@@H](Nc1nc(Cc2cnc(N3CCOCC3)c(F)c2)c(C(N)=O)cc1F)[C@H](C)NC(=O)OC(C)(C)C. The van der Waals surface area contributed by atoms with E-state index in [1.165, 1.54) is 12.3 Å². The number of halogens is 2. The van der Waals surface area contributed by atoms with Crippen molar-refractivity contribution in [2.75, 3.05) is 36.5 Å². The standard InChI is InChI=1S/C28H40F2N6O4/c1-6-7-8-22(17(2)33-27(38)40-28(3,4)5)34-25-20(29)15-19(24(31)37)23(35-25)14-18-13-21(30)26(32-16-18)36-9-11-39-12-10-36/h13,15-17,22H,6-12,14H2,1-5H3,(H2,31,37)(H,33,38)(H,34,35)/t17-,22+/m0/s1. The van der Waals surface area contributed by atoms with Crippen LogP contribution in [0.15, 0.2) is 18.3 Å². The van der Waals surface area contributed by atoms with Gasteiger partial charge in [0.2, 0.25) is 0 Å². The molecule has 3 heterocycles. The summed E-state index contributed by atoms with van der Waals surface area (Å²) < 4.78 is 40.8. The molecule has 40 heavy (non-hydrogen) atoms. The van der Waals surface area contributed by atoms with Gasteiger partial charge in [0.15, 0.2) is 23.3 Å². The molecule has 0 spiro atoms. The second-order valence-electron chi connectivity index (χ2n) is 10.9. The van der Waals surface area contributed by atoms with E-state index in [1.54, 1.807) is 32.6 Å². The Morgan fingerprint density at radius 2 is 1.90 bits per heavy atom. The van der Waals surface area contributed by atoms with E-state index in [-0.39, 0.29) is 29.3 Å². The molecule has 2 amide bonds. The summed E-state index contributed by atoms with van der Waals surface area (Å²) in [6.45, 7) is 11.2. The molecule has 2 aromatic heterocycles. The number of amides is 2. The number of morpholine rings is 1. The number of nitrogens with one attached hydrogen (secondary N) is 2. The lowest BCUT2D eigenvalue weighted by atomic mass is 10.0. The van der Waals surface area contributed by atoms with Crippen molar-refractivity contribution >= 4 is 23.6 Å². The molecule has 10 nitrogen and oxygen atoms in total. The summed E-state index contributed by atoms with van der Waals surface area (Å²) in [5.41, 5.74) is 5.38. The van der Waals surface area contributed by atoms with E-state index >= 15 is 4.39 Å². The third-order valence-electron chi connectivity index (χ3n) is 6.42. The monoisotopic (exact) mass is 562 g/mol. The van der Waals surface area contributed by atoms with E-state index in [1.807, 2.05) is 6.92 Å². The first-order valence-corrected chi connectivity index (χ1v) is 13.6. The van der Waals surface area contributed by atoms with Crippen LogP contribution >= 0.6 is 0 Å². The van der Waals surface area contributed by atoms with Gasteiger partial charge in [0.25, 0.3) is 5.91 Å². The Morgan fingerprint density at radius 3 is 2.50 bits per heavy atom. The Bertz CT molecular complexity index is 1180. The van der Waals surface area contributed by atoms with Gasteiger partial charge in [0.1, 0.15) is 5.60 Å². The van der Waals surface area contributed by atoms with Crippen molar-refractivity contribution in [2.45, 2.75) is 78.0 Å². The molecule has 220 valence electrons. The van der Waals surface area contributed by atoms with Gasteiger partial charge >= 0.3 is 6.09 Å². The molecule has 2 aromatic rings. The van der Waals surface area contributed by atoms with Crippen molar-refractivity contribution in [3.8, 4) is 0 Å². The highest BCUT2D eigenvalue weighted by atomic mass is 19.1. The number of hydrogen-bond donors (Lipinski definition) is 3. The summed E-state index contributed by atoms with van der Waals surface area (Å²) in [6.07, 6.45) is 3.24. The number of hydrogen-bond acceptors (Lipinski definition) is 8. The molecule has 3 rings (SSSR count). The number of nitrogens with zero attached hydrogens (tertiary/aromatic N) is 3. The van der Waals surface area contributed by atoms with Gasteiger partial charge in [0, 0.05) is 37.8 Å². The molecule has 0 aromatic carbocycles. The number of aromatic nitrogens is 2. The van der Waals surface area contributed by atoms with Crippen molar-refractivity contribution in [1.29, 1.82) is 0 Å². The van der Waals surface area contributed by atoms with Crippen LogP contribution in [-0.4, -0.2) is 66.0 Å². The molecule has 0 unspecified atom stereocenters. The Kier molecular flexibility index (Phi) is 10.6. The quantitative estimate of drug-likeness (QED) is 0.372. The largest absolute Gasteiger partial charge is 0.444 e. The molecule has 1 saturated heterocycles. The number of primary amides is 1. The predicted molar refractivity (Wildman–Crippen MR) is 149 cm³/mol. The topological polar surface area (TPSA) is 132 Å². The highest BCUT2D eigenvalue weighted by molar-refractivity contribution is 5.94. The average Bonchev–Trinajstić information content (AvgIpc) is 2.87. The van der Waals surface area contributed by atoms with E-state index in [0.29, 0.717) is 38.3 Å². The van der Waals surface area contributed by atoms with Gasteiger partial charge in [-0.25, -0.2) is 23.5 Å². The molecule has 0 aliphatic carbocycles. The third kappa shape index (κ3) is 8.73. The number of anilines is 2. The summed E-state index contributed by atoms with van der Waals surface area (Å²) in [4.78, 5) is 35.0. The van der Waals surface area contributed by atoms with Crippen LogP contribution in [0.2, 0.25) is 0 Å². The molecule has 4 N–H and O–H groups in total. The van der Waals surface area contributed by atoms with Crippen LogP contribution in [0.1, 0.15) is 75.5 Å². The van der Waals surface area contributed by atoms with Crippen LogP contribution in [0.4, 0.5) is 25.2 Å². The zero-order chi connectivity index (χ0) is 29.4. The summed E-state index contributed by atoms with van der Waals surface area (Å²) >= 11 is 0. The zero-order valence-electron chi connectivity index (χ0n) is 23.9.